The summed E-state index contributed by atoms with van der Waals surface area (Å²) < 4.78 is 13.5. The first kappa shape index (κ1) is 15.0. The second-order valence-electron chi connectivity index (χ2n) is 4.96. The molecule has 0 atom stereocenters. The standard InChI is InChI=1S/C17H19ClFN/c1-3-7-20-11-13-5-4-6-14(9-13)15-8-12(2)17(19)10-16(15)18/h4-6,8-10,20H,3,7,11H2,1-2H3. The van der Waals surface area contributed by atoms with Crippen LogP contribution in [0.15, 0.2) is 36.4 Å². The quantitative estimate of drug-likeness (QED) is 0.768. The number of nitrogens with one attached hydrogen (secondary N) is 1. The first-order chi connectivity index (χ1) is 9.61. The third-order valence-electron chi connectivity index (χ3n) is 3.24. The fourth-order valence-corrected chi connectivity index (χ4v) is 2.40. The number of aryl methyl sites for hydroxylation is 1. The molecule has 2 rings (SSSR count). The molecular formula is C17H19ClFN. The van der Waals surface area contributed by atoms with Crippen molar-refractivity contribution >= 4 is 11.6 Å². The van der Waals surface area contributed by atoms with E-state index >= 15 is 0 Å². The fraction of sp³-hybridized carbons (Fsp3) is 0.294. The van der Waals surface area contributed by atoms with Gasteiger partial charge in [-0.3, -0.25) is 0 Å². The number of halogens is 2. The van der Waals surface area contributed by atoms with E-state index in [9.17, 15) is 4.39 Å². The minimum Gasteiger partial charge on any atom is -0.313 e. The van der Waals surface area contributed by atoms with Crippen molar-refractivity contribution in [2.24, 2.45) is 0 Å². The summed E-state index contributed by atoms with van der Waals surface area (Å²) in [6.07, 6.45) is 1.11. The highest BCUT2D eigenvalue weighted by molar-refractivity contribution is 6.33. The third-order valence-corrected chi connectivity index (χ3v) is 3.55. The monoisotopic (exact) mass is 291 g/mol. The Bertz CT molecular complexity index is 596. The smallest absolute Gasteiger partial charge is 0.127 e. The van der Waals surface area contributed by atoms with Crippen molar-refractivity contribution in [2.75, 3.05) is 6.54 Å². The van der Waals surface area contributed by atoms with E-state index in [0.717, 1.165) is 30.6 Å². The van der Waals surface area contributed by atoms with E-state index in [4.69, 9.17) is 11.6 Å². The summed E-state index contributed by atoms with van der Waals surface area (Å²) in [5, 5.41) is 3.82. The van der Waals surface area contributed by atoms with Crippen LogP contribution in [-0.4, -0.2) is 6.54 Å². The lowest BCUT2D eigenvalue weighted by molar-refractivity contribution is 0.619. The normalized spacial score (nSPS) is 10.8. The molecule has 3 heteroatoms. The summed E-state index contributed by atoms with van der Waals surface area (Å²) in [4.78, 5) is 0. The lowest BCUT2D eigenvalue weighted by atomic mass is 10.0. The molecule has 1 N–H and O–H groups in total. The Kier molecular flexibility index (Phi) is 5.16. The van der Waals surface area contributed by atoms with Gasteiger partial charge in [0.1, 0.15) is 5.82 Å². The van der Waals surface area contributed by atoms with Crippen LogP contribution in [0.4, 0.5) is 4.39 Å². The molecule has 0 aromatic heterocycles. The van der Waals surface area contributed by atoms with Crippen LogP contribution in [0.5, 0.6) is 0 Å². The van der Waals surface area contributed by atoms with Gasteiger partial charge < -0.3 is 5.32 Å². The van der Waals surface area contributed by atoms with E-state index in [0.29, 0.717) is 10.6 Å². The first-order valence-corrected chi connectivity index (χ1v) is 7.25. The van der Waals surface area contributed by atoms with E-state index in [1.165, 1.54) is 11.6 Å². The zero-order valence-electron chi connectivity index (χ0n) is 11.8. The summed E-state index contributed by atoms with van der Waals surface area (Å²) in [6, 6.07) is 11.4. The van der Waals surface area contributed by atoms with Gasteiger partial charge in [0, 0.05) is 12.1 Å². The van der Waals surface area contributed by atoms with Gasteiger partial charge in [-0.05, 0) is 54.8 Å². The van der Waals surface area contributed by atoms with Crippen molar-refractivity contribution in [3.63, 3.8) is 0 Å². The van der Waals surface area contributed by atoms with Crippen molar-refractivity contribution in [3.05, 3.63) is 58.4 Å². The van der Waals surface area contributed by atoms with Crippen LogP contribution >= 0.6 is 11.6 Å². The van der Waals surface area contributed by atoms with E-state index in [2.05, 4.69) is 24.4 Å². The molecular weight excluding hydrogens is 273 g/mol. The molecule has 0 saturated carbocycles. The molecule has 2 aromatic rings. The maximum absolute atomic E-state index is 13.5. The average Bonchev–Trinajstić information content (AvgIpc) is 2.43. The number of benzene rings is 2. The van der Waals surface area contributed by atoms with Crippen molar-refractivity contribution in [1.29, 1.82) is 0 Å². The van der Waals surface area contributed by atoms with Crippen LogP contribution in [0.1, 0.15) is 24.5 Å². The van der Waals surface area contributed by atoms with Crippen LogP contribution in [0.3, 0.4) is 0 Å². The fourth-order valence-electron chi connectivity index (χ4n) is 2.14. The molecule has 0 radical (unpaired) electrons. The van der Waals surface area contributed by atoms with Gasteiger partial charge in [0.05, 0.1) is 5.02 Å². The maximum atomic E-state index is 13.5. The summed E-state index contributed by atoms with van der Waals surface area (Å²) in [6.45, 7) is 5.73. The summed E-state index contributed by atoms with van der Waals surface area (Å²) >= 11 is 6.16. The Morgan fingerprint density at radius 1 is 1.20 bits per heavy atom. The molecule has 1 nitrogen and oxygen atoms in total. The summed E-state index contributed by atoms with van der Waals surface area (Å²) in [5.41, 5.74) is 3.71. The largest absolute Gasteiger partial charge is 0.313 e. The molecule has 0 aliphatic rings. The average molecular weight is 292 g/mol. The molecule has 0 aliphatic carbocycles. The second kappa shape index (κ2) is 6.87. The van der Waals surface area contributed by atoms with Crippen LogP contribution in [0.2, 0.25) is 5.02 Å². The van der Waals surface area contributed by atoms with Gasteiger partial charge in [-0.15, -0.1) is 0 Å². The highest BCUT2D eigenvalue weighted by Gasteiger charge is 2.08. The number of rotatable bonds is 5. The van der Waals surface area contributed by atoms with Crippen molar-refractivity contribution in [2.45, 2.75) is 26.8 Å². The van der Waals surface area contributed by atoms with Gasteiger partial charge >= 0.3 is 0 Å². The van der Waals surface area contributed by atoms with Crippen LogP contribution < -0.4 is 5.32 Å². The SMILES string of the molecule is CCCNCc1cccc(-c2cc(C)c(F)cc2Cl)c1. The van der Waals surface area contributed by atoms with Gasteiger partial charge in [-0.2, -0.15) is 0 Å². The van der Waals surface area contributed by atoms with E-state index in [-0.39, 0.29) is 5.82 Å². The Labute approximate surface area is 124 Å². The molecule has 0 bridgehead atoms. The first-order valence-electron chi connectivity index (χ1n) is 6.87. The molecule has 0 unspecified atom stereocenters. The molecule has 2 aromatic carbocycles. The molecule has 20 heavy (non-hydrogen) atoms. The van der Waals surface area contributed by atoms with Crippen molar-refractivity contribution in [3.8, 4) is 11.1 Å². The molecule has 0 aliphatic heterocycles. The Morgan fingerprint density at radius 2 is 2.00 bits per heavy atom. The van der Waals surface area contributed by atoms with Crippen LogP contribution in [-0.2, 0) is 6.54 Å². The van der Waals surface area contributed by atoms with E-state index < -0.39 is 0 Å². The minimum atomic E-state index is -0.264. The van der Waals surface area contributed by atoms with Crippen molar-refractivity contribution in [1.82, 2.24) is 5.32 Å². The lowest BCUT2D eigenvalue weighted by Gasteiger charge is -2.09. The zero-order valence-corrected chi connectivity index (χ0v) is 12.6. The predicted molar refractivity (Wildman–Crippen MR) is 83.6 cm³/mol. The molecule has 0 spiro atoms. The molecule has 106 valence electrons. The van der Waals surface area contributed by atoms with Crippen molar-refractivity contribution < 1.29 is 4.39 Å². The van der Waals surface area contributed by atoms with Crippen LogP contribution in [0, 0.1) is 12.7 Å². The minimum absolute atomic E-state index is 0.264. The van der Waals surface area contributed by atoms with E-state index in [1.807, 2.05) is 12.1 Å². The number of hydrogen-bond donors (Lipinski definition) is 1. The maximum Gasteiger partial charge on any atom is 0.127 e. The highest BCUT2D eigenvalue weighted by atomic mass is 35.5. The van der Waals surface area contributed by atoms with Crippen LogP contribution in [0.25, 0.3) is 11.1 Å². The Hall–Kier alpha value is -1.38. The van der Waals surface area contributed by atoms with Gasteiger partial charge in [-0.25, -0.2) is 4.39 Å². The van der Waals surface area contributed by atoms with Gasteiger partial charge in [-0.1, -0.05) is 36.7 Å². The molecule has 0 fully saturated rings. The number of hydrogen-bond acceptors (Lipinski definition) is 1. The van der Waals surface area contributed by atoms with Gasteiger partial charge in [0.2, 0.25) is 0 Å². The van der Waals surface area contributed by atoms with E-state index in [1.54, 1.807) is 13.0 Å². The lowest BCUT2D eigenvalue weighted by Crippen LogP contribution is -2.13. The zero-order chi connectivity index (χ0) is 14.5. The predicted octanol–water partition coefficient (Wildman–Crippen LogP) is 4.95. The molecule has 0 amide bonds. The third kappa shape index (κ3) is 3.59. The van der Waals surface area contributed by atoms with Gasteiger partial charge in [0.15, 0.2) is 0 Å². The Balaban J connectivity index is 2.29. The second-order valence-corrected chi connectivity index (χ2v) is 5.37. The molecule has 0 saturated heterocycles. The highest BCUT2D eigenvalue weighted by Crippen LogP contribution is 2.30. The Morgan fingerprint density at radius 3 is 2.75 bits per heavy atom. The molecule has 0 heterocycles. The van der Waals surface area contributed by atoms with Gasteiger partial charge in [0.25, 0.3) is 0 Å². The topological polar surface area (TPSA) is 12.0 Å². The summed E-state index contributed by atoms with van der Waals surface area (Å²) in [5.74, 6) is -0.264. The summed E-state index contributed by atoms with van der Waals surface area (Å²) in [7, 11) is 0.